The van der Waals surface area contributed by atoms with Gasteiger partial charge in [-0.05, 0) is 31.9 Å². The van der Waals surface area contributed by atoms with E-state index in [9.17, 15) is 4.79 Å². The van der Waals surface area contributed by atoms with Crippen molar-refractivity contribution in [3.05, 3.63) is 10.4 Å². The predicted octanol–water partition coefficient (Wildman–Crippen LogP) is 1.65. The normalized spacial score (nSPS) is 20.4. The second-order valence-corrected chi connectivity index (χ2v) is 8.82. The van der Waals surface area contributed by atoms with Gasteiger partial charge in [-0.2, -0.15) is 0 Å². The van der Waals surface area contributed by atoms with Gasteiger partial charge in [-0.25, -0.2) is 9.97 Å². The first kappa shape index (κ1) is 18.0. The number of aromatic nitrogens is 2. The number of thiophene rings is 1. The van der Waals surface area contributed by atoms with Gasteiger partial charge in [0.1, 0.15) is 10.6 Å². The van der Waals surface area contributed by atoms with E-state index in [1.54, 1.807) is 11.3 Å². The molecule has 0 spiro atoms. The van der Waals surface area contributed by atoms with Crippen LogP contribution in [0.25, 0.3) is 10.2 Å². The quantitative estimate of drug-likeness (QED) is 0.589. The molecule has 1 fully saturated rings. The number of carbonyl (C=O) groups is 1. The van der Waals surface area contributed by atoms with Crippen molar-refractivity contribution in [1.82, 2.24) is 20.2 Å². The Morgan fingerprint density at radius 3 is 3.19 bits per heavy atom. The van der Waals surface area contributed by atoms with Gasteiger partial charge >= 0.3 is 0 Å². The molecule has 2 aliphatic rings. The molecule has 1 amide bonds. The molecule has 9 heteroatoms. The van der Waals surface area contributed by atoms with E-state index < -0.39 is 0 Å². The number of hydrogen-bond acceptors (Lipinski definition) is 8. The summed E-state index contributed by atoms with van der Waals surface area (Å²) in [4.78, 5) is 25.7. The molecular weight excluding hydrogens is 370 g/mol. The summed E-state index contributed by atoms with van der Waals surface area (Å²) in [5.41, 5.74) is 7.52. The zero-order valence-corrected chi connectivity index (χ0v) is 16.4. The highest BCUT2D eigenvalue weighted by atomic mass is 32.2. The number of fused-ring (bicyclic) bond motifs is 3. The number of nitrogens with two attached hydrogens (primary N) is 1. The number of hydrogen-bond donors (Lipinski definition) is 2. The number of nitrogens with zero attached hydrogens (tertiary/aromatic N) is 3. The van der Waals surface area contributed by atoms with Crippen molar-refractivity contribution in [3.63, 3.8) is 0 Å². The zero-order chi connectivity index (χ0) is 18.1. The first-order valence-electron chi connectivity index (χ1n) is 8.87. The highest BCUT2D eigenvalue weighted by Crippen LogP contribution is 2.37. The van der Waals surface area contributed by atoms with Crippen molar-refractivity contribution >= 4 is 45.0 Å². The Morgan fingerprint density at radius 1 is 1.50 bits per heavy atom. The average Bonchev–Trinajstić information content (AvgIpc) is 3.24. The minimum absolute atomic E-state index is 0.0279. The number of nitrogens with one attached hydrogen (secondary N) is 1. The molecule has 0 unspecified atom stereocenters. The average molecular weight is 394 g/mol. The number of likely N-dealkylation sites (N-methyl/N-ethyl adjacent to an activating group) is 1. The molecule has 4 rings (SSSR count). The van der Waals surface area contributed by atoms with Gasteiger partial charge in [0, 0.05) is 31.1 Å². The van der Waals surface area contributed by atoms with E-state index in [1.165, 1.54) is 22.2 Å². The first-order valence-corrected chi connectivity index (χ1v) is 10.7. The largest absolute Gasteiger partial charge is 0.383 e. The van der Waals surface area contributed by atoms with Crippen molar-refractivity contribution < 1.29 is 9.53 Å². The van der Waals surface area contributed by atoms with E-state index in [-0.39, 0.29) is 17.8 Å². The van der Waals surface area contributed by atoms with Gasteiger partial charge in [0.2, 0.25) is 5.91 Å². The van der Waals surface area contributed by atoms with Gasteiger partial charge in [-0.3, -0.25) is 4.79 Å². The summed E-state index contributed by atoms with van der Waals surface area (Å²) in [5.74, 6) is 0.782. The van der Waals surface area contributed by atoms with E-state index in [2.05, 4.69) is 27.2 Å². The molecule has 4 heterocycles. The number of amides is 1. The van der Waals surface area contributed by atoms with Gasteiger partial charge in [0.05, 0.1) is 17.2 Å². The van der Waals surface area contributed by atoms with Crippen molar-refractivity contribution in [2.75, 3.05) is 38.2 Å². The number of rotatable bonds is 5. The zero-order valence-electron chi connectivity index (χ0n) is 14.8. The third kappa shape index (κ3) is 3.80. The molecule has 1 saturated heterocycles. The van der Waals surface area contributed by atoms with Crippen molar-refractivity contribution in [1.29, 1.82) is 0 Å². The lowest BCUT2D eigenvalue weighted by atomic mass is 10.1. The Hall–Kier alpha value is -1.42. The van der Waals surface area contributed by atoms with Crippen LogP contribution in [0.2, 0.25) is 0 Å². The standard InChI is InChI=1S/C17H23N5O2S2/c1-22-5-4-11-12(8-22)26-16-14(11)15(18)20-17(21-16)25-9-13(23)19-7-10-3-2-6-24-10/h10H,2-9H2,1H3,(H,19,23)(H2,18,20,21)/t10-/m0/s1. The van der Waals surface area contributed by atoms with Gasteiger partial charge in [0.15, 0.2) is 5.16 Å². The van der Waals surface area contributed by atoms with Crippen LogP contribution < -0.4 is 11.1 Å². The maximum Gasteiger partial charge on any atom is 0.230 e. The molecular formula is C17H23N5O2S2. The van der Waals surface area contributed by atoms with E-state index >= 15 is 0 Å². The van der Waals surface area contributed by atoms with Crippen LogP contribution in [0.1, 0.15) is 23.3 Å². The van der Waals surface area contributed by atoms with Gasteiger partial charge < -0.3 is 20.7 Å². The molecule has 0 saturated carbocycles. The van der Waals surface area contributed by atoms with Crippen LogP contribution in [-0.2, 0) is 22.5 Å². The molecule has 2 aliphatic heterocycles. The lowest BCUT2D eigenvalue weighted by molar-refractivity contribution is -0.119. The number of ether oxygens (including phenoxy) is 1. The fourth-order valence-electron chi connectivity index (χ4n) is 3.41. The van der Waals surface area contributed by atoms with E-state index in [4.69, 9.17) is 10.5 Å². The highest BCUT2D eigenvalue weighted by Gasteiger charge is 2.22. The molecule has 0 aliphatic carbocycles. The van der Waals surface area contributed by atoms with Crippen LogP contribution in [0.4, 0.5) is 5.82 Å². The topological polar surface area (TPSA) is 93.4 Å². The summed E-state index contributed by atoms with van der Waals surface area (Å²) in [5, 5.41) is 4.49. The van der Waals surface area contributed by atoms with Crippen molar-refractivity contribution in [2.45, 2.75) is 37.1 Å². The SMILES string of the molecule is CN1CCc2c(sc3nc(SCC(=O)NC[C@@H]4CCCO4)nc(N)c23)C1. The molecule has 2 aromatic rings. The fourth-order valence-corrected chi connectivity index (χ4v) is 5.46. The third-order valence-electron chi connectivity index (χ3n) is 4.78. The number of thioether (sulfide) groups is 1. The Labute approximate surface area is 160 Å². The molecule has 0 bridgehead atoms. The molecule has 140 valence electrons. The summed E-state index contributed by atoms with van der Waals surface area (Å²) in [6.07, 6.45) is 3.23. The van der Waals surface area contributed by atoms with Gasteiger partial charge in [0.25, 0.3) is 0 Å². The minimum atomic E-state index is -0.0279. The molecule has 7 nitrogen and oxygen atoms in total. The summed E-state index contributed by atoms with van der Waals surface area (Å²) in [6, 6.07) is 0. The Bertz CT molecular complexity index is 819. The molecule has 1 atom stereocenters. The second kappa shape index (κ2) is 7.67. The van der Waals surface area contributed by atoms with Crippen molar-refractivity contribution in [3.8, 4) is 0 Å². The fraction of sp³-hybridized carbons (Fsp3) is 0.588. The number of nitrogen functional groups attached to an aromatic ring is 1. The molecule has 0 radical (unpaired) electrons. The Morgan fingerprint density at radius 2 is 2.38 bits per heavy atom. The Balaban J connectivity index is 1.41. The third-order valence-corrected chi connectivity index (χ3v) is 6.74. The van der Waals surface area contributed by atoms with E-state index in [0.717, 1.165) is 49.2 Å². The number of anilines is 1. The summed E-state index contributed by atoms with van der Waals surface area (Å²) in [6.45, 7) is 3.33. The second-order valence-electron chi connectivity index (χ2n) is 6.79. The summed E-state index contributed by atoms with van der Waals surface area (Å²) >= 11 is 3.02. The van der Waals surface area contributed by atoms with Crippen LogP contribution in [0, 0.1) is 0 Å². The molecule has 0 aromatic carbocycles. The Kier molecular flexibility index (Phi) is 5.30. The maximum atomic E-state index is 12.0. The van der Waals surface area contributed by atoms with Crippen LogP contribution in [0.15, 0.2) is 5.16 Å². The smallest absolute Gasteiger partial charge is 0.230 e. The van der Waals surface area contributed by atoms with Crippen LogP contribution in [-0.4, -0.2) is 59.4 Å². The predicted molar refractivity (Wildman–Crippen MR) is 105 cm³/mol. The maximum absolute atomic E-state index is 12.0. The molecule has 2 aromatic heterocycles. The van der Waals surface area contributed by atoms with E-state index in [0.29, 0.717) is 17.5 Å². The van der Waals surface area contributed by atoms with Crippen LogP contribution in [0.5, 0.6) is 0 Å². The monoisotopic (exact) mass is 393 g/mol. The molecule has 26 heavy (non-hydrogen) atoms. The summed E-state index contributed by atoms with van der Waals surface area (Å²) in [7, 11) is 2.12. The highest BCUT2D eigenvalue weighted by molar-refractivity contribution is 7.99. The summed E-state index contributed by atoms with van der Waals surface area (Å²) < 4.78 is 5.51. The minimum Gasteiger partial charge on any atom is -0.383 e. The first-order chi connectivity index (χ1) is 12.6. The van der Waals surface area contributed by atoms with Crippen LogP contribution in [0.3, 0.4) is 0 Å². The lowest BCUT2D eigenvalue weighted by Gasteiger charge is -2.22. The van der Waals surface area contributed by atoms with Gasteiger partial charge in [-0.15, -0.1) is 11.3 Å². The molecule has 3 N–H and O–H groups in total. The lowest BCUT2D eigenvalue weighted by Crippen LogP contribution is -2.32. The van der Waals surface area contributed by atoms with Gasteiger partial charge in [-0.1, -0.05) is 11.8 Å². The number of carbonyl (C=O) groups excluding carboxylic acids is 1. The van der Waals surface area contributed by atoms with E-state index in [1.807, 2.05) is 0 Å². The van der Waals surface area contributed by atoms with Crippen LogP contribution >= 0.6 is 23.1 Å². The van der Waals surface area contributed by atoms with Crippen molar-refractivity contribution in [2.24, 2.45) is 0 Å².